The van der Waals surface area contributed by atoms with Gasteiger partial charge >= 0.3 is 0 Å². The third-order valence-electron chi connectivity index (χ3n) is 1.92. The Morgan fingerprint density at radius 1 is 1.46 bits per heavy atom. The van der Waals surface area contributed by atoms with Crippen molar-refractivity contribution in [1.82, 2.24) is 4.90 Å². The minimum atomic E-state index is -0.414. The molecule has 0 aromatic heterocycles. The Morgan fingerprint density at radius 3 is 2.54 bits per heavy atom. The minimum absolute atomic E-state index is 0.0241. The molecule has 0 bridgehead atoms. The summed E-state index contributed by atoms with van der Waals surface area (Å²) in [5.41, 5.74) is 5.44. The SMILES string of the molecule is CC(N)C(=O)N(C)CCCCCO. The van der Waals surface area contributed by atoms with Gasteiger partial charge in [-0.15, -0.1) is 0 Å². The Kier molecular flexibility index (Phi) is 6.54. The monoisotopic (exact) mass is 188 g/mol. The summed E-state index contributed by atoms with van der Waals surface area (Å²) < 4.78 is 0. The van der Waals surface area contributed by atoms with E-state index in [9.17, 15) is 4.79 Å². The molecule has 3 N–H and O–H groups in total. The smallest absolute Gasteiger partial charge is 0.238 e. The summed E-state index contributed by atoms with van der Waals surface area (Å²) in [4.78, 5) is 12.9. The minimum Gasteiger partial charge on any atom is -0.396 e. The molecule has 0 saturated carbocycles. The van der Waals surface area contributed by atoms with Gasteiger partial charge in [-0.1, -0.05) is 0 Å². The lowest BCUT2D eigenvalue weighted by atomic mass is 10.2. The van der Waals surface area contributed by atoms with Crippen molar-refractivity contribution in [3.8, 4) is 0 Å². The zero-order chi connectivity index (χ0) is 10.3. The van der Waals surface area contributed by atoms with E-state index in [4.69, 9.17) is 10.8 Å². The second-order valence-corrected chi connectivity index (χ2v) is 3.33. The zero-order valence-electron chi connectivity index (χ0n) is 8.49. The summed E-state index contributed by atoms with van der Waals surface area (Å²) in [6.07, 6.45) is 2.68. The second kappa shape index (κ2) is 6.86. The number of carbonyl (C=O) groups is 1. The topological polar surface area (TPSA) is 66.6 Å². The van der Waals surface area contributed by atoms with Crippen LogP contribution in [-0.2, 0) is 4.79 Å². The molecule has 1 atom stereocenters. The van der Waals surface area contributed by atoms with Gasteiger partial charge < -0.3 is 15.7 Å². The van der Waals surface area contributed by atoms with E-state index >= 15 is 0 Å². The zero-order valence-corrected chi connectivity index (χ0v) is 8.49. The average Bonchev–Trinajstić information content (AvgIpc) is 2.10. The molecule has 0 heterocycles. The van der Waals surface area contributed by atoms with Gasteiger partial charge in [-0.05, 0) is 26.2 Å². The van der Waals surface area contributed by atoms with E-state index in [-0.39, 0.29) is 12.5 Å². The lowest BCUT2D eigenvalue weighted by Crippen LogP contribution is -2.40. The molecule has 0 fully saturated rings. The maximum atomic E-state index is 11.3. The van der Waals surface area contributed by atoms with Crippen LogP contribution in [0.1, 0.15) is 26.2 Å². The van der Waals surface area contributed by atoms with E-state index < -0.39 is 6.04 Å². The highest BCUT2D eigenvalue weighted by atomic mass is 16.2. The molecule has 4 nitrogen and oxygen atoms in total. The average molecular weight is 188 g/mol. The summed E-state index contributed by atoms with van der Waals surface area (Å²) in [5, 5.41) is 8.53. The van der Waals surface area contributed by atoms with E-state index in [1.807, 2.05) is 0 Å². The van der Waals surface area contributed by atoms with Crippen molar-refractivity contribution in [1.29, 1.82) is 0 Å². The first-order chi connectivity index (χ1) is 6.09. The predicted octanol–water partition coefficient (Wildman–Crippen LogP) is -0.0454. The van der Waals surface area contributed by atoms with Crippen LogP contribution in [0.15, 0.2) is 0 Å². The van der Waals surface area contributed by atoms with Crippen LogP contribution in [0.4, 0.5) is 0 Å². The Bertz CT molecular complexity index is 149. The van der Waals surface area contributed by atoms with Gasteiger partial charge in [-0.2, -0.15) is 0 Å². The van der Waals surface area contributed by atoms with Crippen molar-refractivity contribution in [2.24, 2.45) is 5.73 Å². The lowest BCUT2D eigenvalue weighted by molar-refractivity contribution is -0.130. The Labute approximate surface area is 79.7 Å². The number of nitrogens with zero attached hydrogens (tertiary/aromatic N) is 1. The number of hydrogen-bond donors (Lipinski definition) is 2. The molecular weight excluding hydrogens is 168 g/mol. The molecule has 4 heteroatoms. The highest BCUT2D eigenvalue weighted by Gasteiger charge is 2.11. The molecule has 0 spiro atoms. The molecule has 0 saturated heterocycles. The van der Waals surface area contributed by atoms with Gasteiger partial charge in [0.1, 0.15) is 0 Å². The van der Waals surface area contributed by atoms with Gasteiger partial charge in [0.2, 0.25) is 5.91 Å². The third-order valence-corrected chi connectivity index (χ3v) is 1.92. The van der Waals surface area contributed by atoms with Crippen LogP contribution in [0.25, 0.3) is 0 Å². The number of nitrogens with two attached hydrogens (primary N) is 1. The van der Waals surface area contributed by atoms with E-state index in [0.29, 0.717) is 0 Å². The molecule has 78 valence electrons. The normalized spacial score (nSPS) is 12.6. The van der Waals surface area contributed by atoms with Crippen LogP contribution in [-0.4, -0.2) is 42.2 Å². The number of unbranched alkanes of at least 4 members (excludes halogenated alkanes) is 2. The fraction of sp³-hybridized carbons (Fsp3) is 0.889. The maximum Gasteiger partial charge on any atom is 0.238 e. The molecule has 0 rings (SSSR count). The highest BCUT2D eigenvalue weighted by Crippen LogP contribution is 1.97. The predicted molar refractivity (Wildman–Crippen MR) is 52.2 cm³/mol. The maximum absolute atomic E-state index is 11.3. The number of aliphatic hydroxyl groups excluding tert-OH is 1. The van der Waals surface area contributed by atoms with Crippen molar-refractivity contribution < 1.29 is 9.90 Å². The first-order valence-electron chi connectivity index (χ1n) is 4.71. The van der Waals surface area contributed by atoms with Crippen LogP contribution in [0.2, 0.25) is 0 Å². The Balaban J connectivity index is 3.50. The van der Waals surface area contributed by atoms with Crippen molar-refractivity contribution >= 4 is 5.91 Å². The Morgan fingerprint density at radius 2 is 2.08 bits per heavy atom. The van der Waals surface area contributed by atoms with Gasteiger partial charge in [0.25, 0.3) is 0 Å². The summed E-state index contributed by atoms with van der Waals surface area (Å²) in [6.45, 7) is 2.64. The summed E-state index contributed by atoms with van der Waals surface area (Å²) in [6, 6.07) is -0.414. The van der Waals surface area contributed by atoms with Crippen LogP contribution in [0, 0.1) is 0 Å². The molecule has 1 unspecified atom stereocenters. The summed E-state index contributed by atoms with van der Waals surface area (Å²) >= 11 is 0. The largest absolute Gasteiger partial charge is 0.396 e. The summed E-state index contributed by atoms with van der Waals surface area (Å²) in [7, 11) is 1.75. The number of amides is 1. The molecule has 0 aromatic rings. The molecule has 13 heavy (non-hydrogen) atoms. The first kappa shape index (κ1) is 12.4. The number of aliphatic hydroxyl groups is 1. The van der Waals surface area contributed by atoms with Crippen molar-refractivity contribution in [3.63, 3.8) is 0 Å². The van der Waals surface area contributed by atoms with Gasteiger partial charge in [-0.3, -0.25) is 4.79 Å². The molecular formula is C9H20N2O2. The number of hydrogen-bond acceptors (Lipinski definition) is 3. The molecule has 0 aliphatic rings. The fourth-order valence-corrected chi connectivity index (χ4v) is 1.10. The molecule has 1 amide bonds. The van der Waals surface area contributed by atoms with E-state index in [2.05, 4.69) is 0 Å². The van der Waals surface area contributed by atoms with Crippen molar-refractivity contribution in [2.45, 2.75) is 32.2 Å². The number of likely N-dealkylation sites (N-methyl/N-ethyl adjacent to an activating group) is 1. The van der Waals surface area contributed by atoms with Crippen LogP contribution >= 0.6 is 0 Å². The van der Waals surface area contributed by atoms with Gasteiger partial charge in [-0.25, -0.2) is 0 Å². The van der Waals surface area contributed by atoms with E-state index in [0.717, 1.165) is 25.8 Å². The second-order valence-electron chi connectivity index (χ2n) is 3.33. The van der Waals surface area contributed by atoms with Crippen LogP contribution in [0.5, 0.6) is 0 Å². The van der Waals surface area contributed by atoms with Crippen LogP contribution in [0.3, 0.4) is 0 Å². The van der Waals surface area contributed by atoms with Gasteiger partial charge in [0, 0.05) is 20.2 Å². The standard InChI is InChI=1S/C9H20N2O2/c1-8(10)9(13)11(2)6-4-3-5-7-12/h8,12H,3-7,10H2,1-2H3. The van der Waals surface area contributed by atoms with E-state index in [1.165, 1.54) is 0 Å². The molecule has 0 radical (unpaired) electrons. The van der Waals surface area contributed by atoms with Gasteiger partial charge in [0.15, 0.2) is 0 Å². The Hall–Kier alpha value is -0.610. The van der Waals surface area contributed by atoms with Crippen LogP contribution < -0.4 is 5.73 Å². The summed E-state index contributed by atoms with van der Waals surface area (Å²) in [5.74, 6) is -0.0241. The fourth-order valence-electron chi connectivity index (χ4n) is 1.10. The molecule has 0 aromatic carbocycles. The van der Waals surface area contributed by atoms with E-state index in [1.54, 1.807) is 18.9 Å². The van der Waals surface area contributed by atoms with Crippen molar-refractivity contribution in [3.05, 3.63) is 0 Å². The first-order valence-corrected chi connectivity index (χ1v) is 4.71. The van der Waals surface area contributed by atoms with Crippen molar-refractivity contribution in [2.75, 3.05) is 20.2 Å². The number of rotatable bonds is 6. The third kappa shape index (κ3) is 5.60. The number of carbonyl (C=O) groups excluding carboxylic acids is 1. The lowest BCUT2D eigenvalue weighted by Gasteiger charge is -2.18. The quantitative estimate of drug-likeness (QED) is 0.574. The molecule has 0 aliphatic heterocycles. The van der Waals surface area contributed by atoms with Gasteiger partial charge in [0.05, 0.1) is 6.04 Å². The molecule has 0 aliphatic carbocycles. The highest BCUT2D eigenvalue weighted by molar-refractivity contribution is 5.80.